The minimum absolute atomic E-state index is 0.0327. The number of hydrogen-bond donors (Lipinski definition) is 1. The van der Waals surface area contributed by atoms with Gasteiger partial charge < -0.3 is 0 Å². The number of nitrogens with one attached hydrogen (secondary N) is 1. The van der Waals surface area contributed by atoms with E-state index in [2.05, 4.69) is 57.6 Å². The molecule has 0 saturated heterocycles. The fourth-order valence-corrected chi connectivity index (χ4v) is 9.00. The summed E-state index contributed by atoms with van der Waals surface area (Å²) in [5, 5.41) is 6.20. The monoisotopic (exact) mass is 554 g/mol. The van der Waals surface area contributed by atoms with Crippen molar-refractivity contribution in [1.82, 2.24) is 5.32 Å². The average molecular weight is 556 g/mol. The lowest BCUT2D eigenvalue weighted by atomic mass is 10.2. The van der Waals surface area contributed by atoms with E-state index in [0.717, 1.165) is 20.4 Å². The van der Waals surface area contributed by atoms with Crippen LogP contribution >= 0.6 is 46.4 Å². The summed E-state index contributed by atoms with van der Waals surface area (Å²) in [6.45, 7) is 0. The molecule has 33 heavy (non-hydrogen) atoms. The zero-order valence-electron chi connectivity index (χ0n) is 17.5. The molecule has 164 valence electrons. The molecule has 0 aliphatic heterocycles. The maximum Gasteiger partial charge on any atom is 0.258 e. The maximum absolute atomic E-state index is 13.4. The molecular formula is C27H20BrCl2NOP+. The summed E-state index contributed by atoms with van der Waals surface area (Å²) in [6, 6.07) is 37.4. The molecule has 0 atom stereocenters. The van der Waals surface area contributed by atoms with E-state index >= 15 is 0 Å². The summed E-state index contributed by atoms with van der Waals surface area (Å²) < 4.78 is 0.926. The Labute approximate surface area is 212 Å². The predicted octanol–water partition coefficient (Wildman–Crippen LogP) is 6.78. The van der Waals surface area contributed by atoms with Gasteiger partial charge in [-0.3, -0.25) is 10.1 Å². The Morgan fingerprint density at radius 2 is 1.03 bits per heavy atom. The van der Waals surface area contributed by atoms with Crippen molar-refractivity contribution in [3.05, 3.63) is 135 Å². The third kappa shape index (κ3) is 4.93. The lowest BCUT2D eigenvalue weighted by Crippen LogP contribution is -2.38. The molecule has 0 aliphatic carbocycles. The zero-order valence-corrected chi connectivity index (χ0v) is 21.5. The van der Waals surface area contributed by atoms with Gasteiger partial charge in [-0.1, -0.05) is 93.7 Å². The van der Waals surface area contributed by atoms with E-state index < -0.39 is 7.26 Å². The highest BCUT2D eigenvalue weighted by Crippen LogP contribution is 2.63. The van der Waals surface area contributed by atoms with Crippen LogP contribution in [-0.4, -0.2) is 5.91 Å². The van der Waals surface area contributed by atoms with E-state index in [1.165, 1.54) is 0 Å². The number of halogens is 3. The number of hydrogen-bond acceptors (Lipinski definition) is 1. The lowest BCUT2D eigenvalue weighted by molar-refractivity contribution is 0.0968. The molecule has 0 aromatic heterocycles. The summed E-state index contributed by atoms with van der Waals surface area (Å²) in [6.07, 6.45) is 0. The van der Waals surface area contributed by atoms with E-state index in [4.69, 9.17) is 23.2 Å². The van der Waals surface area contributed by atoms with Crippen LogP contribution in [0.2, 0.25) is 0 Å². The summed E-state index contributed by atoms with van der Waals surface area (Å²) >= 11 is 16.6. The van der Waals surface area contributed by atoms with Gasteiger partial charge in [0.05, 0.1) is 0 Å². The van der Waals surface area contributed by atoms with Crippen molar-refractivity contribution in [2.75, 3.05) is 0 Å². The van der Waals surface area contributed by atoms with Crippen LogP contribution in [0.5, 0.6) is 0 Å². The highest BCUT2D eigenvalue weighted by Gasteiger charge is 2.52. The normalized spacial score (nSPS) is 11.0. The first-order valence-corrected chi connectivity index (χ1v) is 13.6. The molecule has 0 heterocycles. The van der Waals surface area contributed by atoms with Gasteiger partial charge in [0.1, 0.15) is 15.9 Å². The minimum Gasteiger partial charge on any atom is -0.290 e. The summed E-state index contributed by atoms with van der Waals surface area (Å²) in [5.74, 6) is -0.275. The van der Waals surface area contributed by atoms with Crippen molar-refractivity contribution >= 4 is 68.2 Å². The van der Waals surface area contributed by atoms with Gasteiger partial charge in [-0.25, -0.2) is 0 Å². The highest BCUT2D eigenvalue weighted by atomic mass is 79.9. The van der Waals surface area contributed by atoms with E-state index in [0.29, 0.717) is 11.0 Å². The van der Waals surface area contributed by atoms with Crippen molar-refractivity contribution < 1.29 is 4.79 Å². The van der Waals surface area contributed by atoms with Crippen molar-refractivity contribution in [1.29, 1.82) is 0 Å². The summed E-state index contributed by atoms with van der Waals surface area (Å²) in [5.41, 5.74) is 1.01. The first kappa shape index (κ1) is 23.7. The van der Waals surface area contributed by atoms with Gasteiger partial charge in [-0.15, -0.1) is 0 Å². The van der Waals surface area contributed by atoms with Crippen molar-refractivity contribution in [2.45, 2.75) is 0 Å². The molecule has 0 unspecified atom stereocenters. The Kier molecular flexibility index (Phi) is 7.67. The van der Waals surface area contributed by atoms with Crippen LogP contribution in [0.15, 0.2) is 130 Å². The number of carbonyl (C=O) groups excluding carboxylic acids is 1. The van der Waals surface area contributed by atoms with Crippen LogP contribution in [0.1, 0.15) is 10.4 Å². The highest BCUT2D eigenvalue weighted by molar-refractivity contribution is 9.10. The Morgan fingerprint density at radius 3 is 1.39 bits per heavy atom. The smallest absolute Gasteiger partial charge is 0.258 e. The number of benzene rings is 4. The molecule has 6 heteroatoms. The molecule has 2 nitrogen and oxygen atoms in total. The quantitative estimate of drug-likeness (QED) is 0.261. The fourth-order valence-electron chi connectivity index (χ4n) is 3.83. The third-order valence-electron chi connectivity index (χ3n) is 5.28. The second-order valence-electron chi connectivity index (χ2n) is 7.25. The fraction of sp³-hybridized carbons (Fsp3) is 0. The molecule has 0 aliphatic rings. The van der Waals surface area contributed by atoms with E-state index in [-0.39, 0.29) is 10.4 Å². The Hall–Kier alpha value is -2.42. The van der Waals surface area contributed by atoms with Crippen molar-refractivity contribution in [3.63, 3.8) is 0 Å². The van der Waals surface area contributed by atoms with Crippen molar-refractivity contribution in [3.8, 4) is 0 Å². The van der Waals surface area contributed by atoms with Gasteiger partial charge >= 0.3 is 0 Å². The van der Waals surface area contributed by atoms with Crippen LogP contribution in [0.3, 0.4) is 0 Å². The molecular weight excluding hydrogens is 536 g/mol. The van der Waals surface area contributed by atoms with E-state index in [1.807, 2.05) is 66.7 Å². The number of carbonyl (C=O) groups is 1. The third-order valence-corrected chi connectivity index (χ3v) is 10.7. The largest absolute Gasteiger partial charge is 0.290 e. The van der Waals surface area contributed by atoms with E-state index in [1.54, 1.807) is 12.1 Å². The van der Waals surface area contributed by atoms with Gasteiger partial charge in [-0.05, 0) is 60.7 Å². The molecule has 4 aromatic rings. The van der Waals surface area contributed by atoms with Gasteiger partial charge in [0, 0.05) is 10.0 Å². The van der Waals surface area contributed by atoms with Gasteiger partial charge in [0.25, 0.3) is 5.91 Å². The zero-order chi connectivity index (χ0) is 23.3. The molecule has 1 N–H and O–H groups in total. The van der Waals surface area contributed by atoms with Gasteiger partial charge in [0.2, 0.25) is 5.44 Å². The Morgan fingerprint density at radius 1 is 0.636 bits per heavy atom. The molecule has 0 saturated carbocycles. The molecule has 4 aromatic carbocycles. The maximum atomic E-state index is 13.4. The Bertz CT molecular complexity index is 1160. The second kappa shape index (κ2) is 10.7. The van der Waals surface area contributed by atoms with Crippen LogP contribution in [0.25, 0.3) is 0 Å². The van der Waals surface area contributed by atoms with Gasteiger partial charge in [0.15, 0.2) is 11.8 Å². The molecule has 0 spiro atoms. The molecule has 1 amide bonds. The molecule has 0 fully saturated rings. The lowest BCUT2D eigenvalue weighted by Gasteiger charge is -2.29. The first-order chi connectivity index (χ1) is 16.0. The van der Waals surface area contributed by atoms with Crippen LogP contribution in [0.4, 0.5) is 0 Å². The molecule has 4 rings (SSSR count). The topological polar surface area (TPSA) is 29.1 Å². The SMILES string of the molecule is O=C(NC(=C(Cl)Cl)[P+](c1ccccc1)(c1ccccc1)c1ccccc1)c1ccc(Br)cc1. The van der Waals surface area contributed by atoms with Crippen LogP contribution in [-0.2, 0) is 0 Å². The molecule has 0 bridgehead atoms. The van der Waals surface area contributed by atoms with Crippen molar-refractivity contribution in [2.24, 2.45) is 0 Å². The predicted molar refractivity (Wildman–Crippen MR) is 145 cm³/mol. The summed E-state index contributed by atoms with van der Waals surface area (Å²) in [4.78, 5) is 13.4. The van der Waals surface area contributed by atoms with Crippen LogP contribution in [0, 0.1) is 0 Å². The standard InChI is InChI=1S/C27H19BrCl2NOP/c28-21-18-16-20(17-19-21)26(32)31-27(25(29)30)33(22-10-4-1-5-11-22,23-12-6-2-7-13-23)24-14-8-3-9-15-24/h1-19H/p+1. The second-order valence-corrected chi connectivity index (χ2v) is 12.5. The number of rotatable bonds is 6. The Balaban J connectivity index is 1.99. The number of amides is 1. The summed E-state index contributed by atoms with van der Waals surface area (Å²) in [7, 11) is -2.63. The van der Waals surface area contributed by atoms with Crippen LogP contribution < -0.4 is 21.2 Å². The van der Waals surface area contributed by atoms with E-state index in [9.17, 15) is 4.79 Å². The average Bonchev–Trinajstić information content (AvgIpc) is 2.86. The minimum atomic E-state index is -2.63. The molecule has 0 radical (unpaired) electrons. The first-order valence-electron chi connectivity index (χ1n) is 10.2. The van der Waals surface area contributed by atoms with Gasteiger partial charge in [-0.2, -0.15) is 0 Å².